The molecule has 0 bridgehead atoms. The Morgan fingerprint density at radius 2 is 1.81 bits per heavy atom. The summed E-state index contributed by atoms with van der Waals surface area (Å²) >= 11 is 0. The lowest BCUT2D eigenvalue weighted by Crippen LogP contribution is -2.40. The monoisotopic (exact) mass is 441 g/mol. The Bertz CT molecular complexity index is 1070. The number of rotatable bonds is 7. The van der Waals surface area contributed by atoms with E-state index in [1.807, 2.05) is 0 Å². The quantitative estimate of drug-likeness (QED) is 0.506. The van der Waals surface area contributed by atoms with Crippen LogP contribution in [0.4, 0.5) is 31.0 Å². The molecule has 1 atom stereocenters. The number of hydrogen-bond acceptors (Lipinski definition) is 5. The van der Waals surface area contributed by atoms with E-state index in [0.29, 0.717) is 11.3 Å². The van der Waals surface area contributed by atoms with Gasteiger partial charge in [0, 0.05) is 24.4 Å². The maximum absolute atomic E-state index is 13.9. The summed E-state index contributed by atoms with van der Waals surface area (Å²) in [5.74, 6) is -0.478. The smallest absolute Gasteiger partial charge is 0.327 e. The summed E-state index contributed by atoms with van der Waals surface area (Å²) in [4.78, 5) is 22.9. The van der Waals surface area contributed by atoms with Crippen LogP contribution in [0, 0.1) is 11.6 Å². The number of carbonyl (C=O) groups is 1. The van der Waals surface area contributed by atoms with Crippen LogP contribution in [0.15, 0.2) is 60.8 Å². The molecule has 32 heavy (non-hydrogen) atoms. The van der Waals surface area contributed by atoms with Crippen molar-refractivity contribution in [2.45, 2.75) is 39.0 Å². The van der Waals surface area contributed by atoms with Crippen molar-refractivity contribution >= 4 is 23.5 Å². The molecular weight excluding hydrogens is 416 g/mol. The second-order valence-electron chi connectivity index (χ2n) is 7.82. The SMILES string of the molecule is C[C@H](Nc1nccc(N(C(=O)NCc2ccccc2F)c2ccc(F)cc2)n1)C(C)(C)O. The molecule has 3 aromatic rings. The number of nitrogens with one attached hydrogen (secondary N) is 2. The lowest BCUT2D eigenvalue weighted by molar-refractivity contribution is 0.0646. The molecule has 0 unspecified atom stereocenters. The summed E-state index contributed by atoms with van der Waals surface area (Å²) in [7, 11) is 0. The maximum atomic E-state index is 13.9. The number of hydrogen-bond donors (Lipinski definition) is 3. The molecule has 2 amide bonds. The molecule has 0 aliphatic heterocycles. The highest BCUT2D eigenvalue weighted by Gasteiger charge is 2.24. The van der Waals surface area contributed by atoms with E-state index in [1.54, 1.807) is 39.0 Å². The zero-order valence-electron chi connectivity index (χ0n) is 18.0. The highest BCUT2D eigenvalue weighted by atomic mass is 19.1. The van der Waals surface area contributed by atoms with E-state index in [1.165, 1.54) is 47.5 Å². The first kappa shape index (κ1) is 23.1. The molecule has 0 fully saturated rings. The van der Waals surface area contributed by atoms with Gasteiger partial charge in [-0.15, -0.1) is 0 Å². The zero-order chi connectivity index (χ0) is 23.3. The molecule has 1 heterocycles. The van der Waals surface area contributed by atoms with Gasteiger partial charge < -0.3 is 15.7 Å². The third-order valence-corrected chi connectivity index (χ3v) is 4.95. The van der Waals surface area contributed by atoms with Gasteiger partial charge in [-0.05, 0) is 51.1 Å². The number of amides is 2. The fraction of sp³-hybridized carbons (Fsp3) is 0.261. The van der Waals surface area contributed by atoms with Crippen LogP contribution in [-0.2, 0) is 6.54 Å². The minimum Gasteiger partial charge on any atom is -0.388 e. The van der Waals surface area contributed by atoms with Gasteiger partial charge in [-0.1, -0.05) is 18.2 Å². The van der Waals surface area contributed by atoms with Gasteiger partial charge in [0.15, 0.2) is 0 Å². The molecule has 0 aliphatic carbocycles. The van der Waals surface area contributed by atoms with Gasteiger partial charge in [-0.25, -0.2) is 23.5 Å². The lowest BCUT2D eigenvalue weighted by Gasteiger charge is -2.27. The van der Waals surface area contributed by atoms with Crippen molar-refractivity contribution in [1.82, 2.24) is 15.3 Å². The van der Waals surface area contributed by atoms with Crippen LogP contribution in [0.3, 0.4) is 0 Å². The van der Waals surface area contributed by atoms with Gasteiger partial charge in [-0.2, -0.15) is 4.98 Å². The van der Waals surface area contributed by atoms with Crippen molar-refractivity contribution in [2.75, 3.05) is 10.2 Å². The van der Waals surface area contributed by atoms with E-state index in [4.69, 9.17) is 0 Å². The Hall–Kier alpha value is -3.59. The minimum absolute atomic E-state index is 0.0465. The molecule has 0 spiro atoms. The van der Waals surface area contributed by atoms with Gasteiger partial charge in [0.05, 0.1) is 17.3 Å². The fourth-order valence-electron chi connectivity index (χ4n) is 2.75. The molecule has 0 saturated carbocycles. The Balaban J connectivity index is 1.89. The van der Waals surface area contributed by atoms with Gasteiger partial charge in [0.25, 0.3) is 0 Å². The van der Waals surface area contributed by atoms with Crippen molar-refractivity contribution in [3.8, 4) is 0 Å². The number of urea groups is 1. The molecule has 9 heteroatoms. The number of carbonyl (C=O) groups excluding carboxylic acids is 1. The number of aromatic nitrogens is 2. The molecule has 0 radical (unpaired) electrons. The second kappa shape index (κ2) is 9.69. The highest BCUT2D eigenvalue weighted by molar-refractivity contribution is 5.98. The molecule has 0 saturated heterocycles. The maximum Gasteiger partial charge on any atom is 0.327 e. The van der Waals surface area contributed by atoms with Gasteiger partial charge >= 0.3 is 6.03 Å². The highest BCUT2D eigenvalue weighted by Crippen LogP contribution is 2.25. The Morgan fingerprint density at radius 3 is 2.47 bits per heavy atom. The predicted molar refractivity (Wildman–Crippen MR) is 119 cm³/mol. The Kier molecular flexibility index (Phi) is 6.99. The number of aliphatic hydroxyl groups is 1. The normalized spacial score (nSPS) is 12.2. The number of halogens is 2. The summed E-state index contributed by atoms with van der Waals surface area (Å²) in [5, 5.41) is 15.8. The van der Waals surface area contributed by atoms with Crippen molar-refractivity contribution in [3.05, 3.63) is 78.0 Å². The van der Waals surface area contributed by atoms with E-state index in [9.17, 15) is 18.7 Å². The molecule has 3 rings (SSSR count). The minimum atomic E-state index is -1.03. The first-order valence-corrected chi connectivity index (χ1v) is 10.0. The number of nitrogens with zero attached hydrogens (tertiary/aromatic N) is 3. The van der Waals surface area contributed by atoms with Gasteiger partial charge in [0.1, 0.15) is 17.5 Å². The predicted octanol–water partition coefficient (Wildman–Crippen LogP) is 4.37. The third-order valence-electron chi connectivity index (χ3n) is 4.95. The Morgan fingerprint density at radius 1 is 1.12 bits per heavy atom. The number of anilines is 3. The zero-order valence-corrected chi connectivity index (χ0v) is 18.0. The van der Waals surface area contributed by atoms with Crippen molar-refractivity contribution in [3.63, 3.8) is 0 Å². The summed E-state index contributed by atoms with van der Waals surface area (Å²) in [6, 6.07) is 12.0. The van der Waals surface area contributed by atoms with Crippen molar-refractivity contribution in [2.24, 2.45) is 0 Å². The summed E-state index contributed by atoms with van der Waals surface area (Å²) in [6.45, 7) is 5.02. The average Bonchev–Trinajstić information content (AvgIpc) is 2.74. The average molecular weight is 441 g/mol. The molecule has 1 aromatic heterocycles. The van der Waals surface area contributed by atoms with Crippen molar-refractivity contribution < 1.29 is 18.7 Å². The number of benzene rings is 2. The molecule has 0 aliphatic rings. The van der Waals surface area contributed by atoms with Crippen LogP contribution in [0.5, 0.6) is 0 Å². The molecular formula is C23H25F2N5O2. The molecule has 3 N–H and O–H groups in total. The van der Waals surface area contributed by atoms with E-state index in [2.05, 4.69) is 20.6 Å². The van der Waals surface area contributed by atoms with Crippen LogP contribution in [-0.4, -0.2) is 32.7 Å². The second-order valence-corrected chi connectivity index (χ2v) is 7.82. The van der Waals surface area contributed by atoms with Crippen LogP contribution < -0.4 is 15.5 Å². The topological polar surface area (TPSA) is 90.4 Å². The van der Waals surface area contributed by atoms with E-state index in [0.717, 1.165) is 0 Å². The summed E-state index contributed by atoms with van der Waals surface area (Å²) in [6.07, 6.45) is 1.46. The van der Waals surface area contributed by atoms with Crippen LogP contribution in [0.25, 0.3) is 0 Å². The lowest BCUT2D eigenvalue weighted by atomic mass is 10.0. The fourth-order valence-corrected chi connectivity index (χ4v) is 2.75. The summed E-state index contributed by atoms with van der Waals surface area (Å²) in [5.41, 5.74) is -0.353. The first-order valence-electron chi connectivity index (χ1n) is 10.0. The standard InChI is InChI=1S/C23H25F2N5O2/c1-15(23(2,3)32)28-21-26-13-12-20(29-21)30(18-10-8-17(24)9-11-18)22(31)27-14-16-6-4-5-7-19(16)25/h4-13,15,32H,14H2,1-3H3,(H,27,31)(H,26,28,29)/t15-/m0/s1. The molecule has 168 valence electrons. The van der Waals surface area contributed by atoms with E-state index >= 15 is 0 Å². The van der Waals surface area contributed by atoms with E-state index in [-0.39, 0.29) is 24.4 Å². The van der Waals surface area contributed by atoms with Crippen molar-refractivity contribution in [1.29, 1.82) is 0 Å². The third kappa shape index (κ3) is 5.76. The van der Waals surface area contributed by atoms with Crippen LogP contribution >= 0.6 is 0 Å². The largest absolute Gasteiger partial charge is 0.388 e. The van der Waals surface area contributed by atoms with E-state index < -0.39 is 23.3 Å². The van der Waals surface area contributed by atoms with Gasteiger partial charge in [-0.3, -0.25) is 0 Å². The first-order chi connectivity index (χ1) is 15.1. The molecule has 7 nitrogen and oxygen atoms in total. The van der Waals surface area contributed by atoms with Crippen LogP contribution in [0.1, 0.15) is 26.3 Å². The Labute approximate surface area is 185 Å². The van der Waals surface area contributed by atoms with Gasteiger partial charge in [0.2, 0.25) is 5.95 Å². The van der Waals surface area contributed by atoms with Crippen LogP contribution in [0.2, 0.25) is 0 Å². The molecule has 2 aromatic carbocycles. The summed E-state index contributed by atoms with van der Waals surface area (Å²) < 4.78 is 27.4.